The molecule has 0 saturated carbocycles. The third kappa shape index (κ3) is 3.55. The molecule has 0 aliphatic heterocycles. The number of aromatic nitrogens is 1. The molecule has 1 aromatic heterocycles. The molecule has 0 aliphatic carbocycles. The fourth-order valence-corrected chi connectivity index (χ4v) is 1.71. The van der Waals surface area contributed by atoms with Gasteiger partial charge in [0.1, 0.15) is 11.9 Å². The minimum atomic E-state index is -1.35. The summed E-state index contributed by atoms with van der Waals surface area (Å²) in [6.45, 7) is 1.36. The van der Waals surface area contributed by atoms with Crippen molar-refractivity contribution >= 4 is 16.9 Å². The van der Waals surface area contributed by atoms with E-state index < -0.39 is 18.0 Å². The van der Waals surface area contributed by atoms with E-state index in [-0.39, 0.29) is 16.4 Å². The van der Waals surface area contributed by atoms with Crippen LogP contribution < -0.4 is 0 Å². The Morgan fingerprint density at radius 2 is 2.31 bits per heavy atom. The third-order valence-corrected chi connectivity index (χ3v) is 2.86. The second-order valence-electron chi connectivity index (χ2n) is 3.21. The SMILES string of the molecule is CC(=O)SCC(O)C(O)c1ccncc1F. The maximum absolute atomic E-state index is 13.2. The lowest BCUT2D eigenvalue weighted by molar-refractivity contribution is -0.109. The van der Waals surface area contributed by atoms with Crippen LogP contribution in [-0.2, 0) is 4.79 Å². The normalized spacial score (nSPS) is 14.5. The van der Waals surface area contributed by atoms with E-state index in [1.165, 1.54) is 19.2 Å². The third-order valence-electron chi connectivity index (χ3n) is 1.94. The van der Waals surface area contributed by atoms with Crippen molar-refractivity contribution in [1.29, 1.82) is 0 Å². The summed E-state index contributed by atoms with van der Waals surface area (Å²) in [6.07, 6.45) is -0.254. The molecule has 1 rings (SSSR count). The van der Waals surface area contributed by atoms with Crippen molar-refractivity contribution in [2.45, 2.75) is 19.1 Å². The van der Waals surface area contributed by atoms with E-state index in [9.17, 15) is 19.4 Å². The van der Waals surface area contributed by atoms with Crippen molar-refractivity contribution in [2.24, 2.45) is 0 Å². The largest absolute Gasteiger partial charge is 0.389 e. The first-order valence-electron chi connectivity index (χ1n) is 4.61. The van der Waals surface area contributed by atoms with Crippen molar-refractivity contribution in [3.63, 3.8) is 0 Å². The number of halogens is 1. The fourth-order valence-electron chi connectivity index (χ4n) is 1.13. The summed E-state index contributed by atoms with van der Waals surface area (Å²) < 4.78 is 13.2. The van der Waals surface area contributed by atoms with Crippen LogP contribution in [0.3, 0.4) is 0 Å². The number of hydrogen-bond acceptors (Lipinski definition) is 5. The molecule has 1 aromatic rings. The van der Waals surface area contributed by atoms with Gasteiger partial charge in [-0.3, -0.25) is 9.78 Å². The van der Waals surface area contributed by atoms with Crippen LogP contribution in [0.1, 0.15) is 18.6 Å². The Balaban J connectivity index is 2.66. The van der Waals surface area contributed by atoms with E-state index in [0.717, 1.165) is 18.0 Å². The number of carbonyl (C=O) groups excluding carboxylic acids is 1. The summed E-state index contributed by atoms with van der Waals surface area (Å²) in [5, 5.41) is 19.0. The standard InChI is InChI=1S/C10H12FNO3S/c1-6(13)16-5-9(14)10(15)7-2-3-12-4-8(7)11/h2-4,9-10,14-15H,5H2,1H3. The van der Waals surface area contributed by atoms with Crippen LogP contribution in [0.5, 0.6) is 0 Å². The highest BCUT2D eigenvalue weighted by atomic mass is 32.2. The fraction of sp³-hybridized carbons (Fsp3) is 0.400. The topological polar surface area (TPSA) is 70.4 Å². The molecule has 88 valence electrons. The van der Waals surface area contributed by atoms with Crippen LogP contribution in [0.4, 0.5) is 4.39 Å². The first-order valence-corrected chi connectivity index (χ1v) is 5.60. The van der Waals surface area contributed by atoms with E-state index in [2.05, 4.69) is 4.98 Å². The van der Waals surface area contributed by atoms with Crippen molar-refractivity contribution < 1.29 is 19.4 Å². The monoisotopic (exact) mass is 245 g/mol. The van der Waals surface area contributed by atoms with E-state index in [0.29, 0.717) is 0 Å². The molecule has 0 bridgehead atoms. The van der Waals surface area contributed by atoms with Crippen molar-refractivity contribution in [1.82, 2.24) is 4.98 Å². The van der Waals surface area contributed by atoms with E-state index in [1.807, 2.05) is 0 Å². The molecule has 0 amide bonds. The number of hydrogen-bond donors (Lipinski definition) is 2. The van der Waals surface area contributed by atoms with Crippen LogP contribution >= 0.6 is 11.8 Å². The van der Waals surface area contributed by atoms with Crippen LogP contribution in [0, 0.1) is 5.82 Å². The Labute approximate surface area is 96.5 Å². The summed E-state index contributed by atoms with van der Waals surface area (Å²) in [4.78, 5) is 14.2. The summed E-state index contributed by atoms with van der Waals surface area (Å²) in [5.41, 5.74) is -0.0216. The molecule has 0 aromatic carbocycles. The van der Waals surface area contributed by atoms with Gasteiger partial charge in [-0.15, -0.1) is 0 Å². The van der Waals surface area contributed by atoms with Crippen molar-refractivity contribution in [2.75, 3.05) is 5.75 Å². The zero-order valence-corrected chi connectivity index (χ0v) is 9.45. The van der Waals surface area contributed by atoms with Gasteiger partial charge in [0.2, 0.25) is 0 Å². The number of pyridine rings is 1. The highest BCUT2D eigenvalue weighted by Gasteiger charge is 2.21. The number of thioether (sulfide) groups is 1. The van der Waals surface area contributed by atoms with Crippen LogP contribution in [0.25, 0.3) is 0 Å². The van der Waals surface area contributed by atoms with Gasteiger partial charge in [0, 0.05) is 24.4 Å². The van der Waals surface area contributed by atoms with Gasteiger partial charge in [-0.2, -0.15) is 0 Å². The summed E-state index contributed by atoms with van der Waals surface area (Å²) in [5.74, 6) is -0.653. The number of rotatable bonds is 4. The average Bonchev–Trinajstić information content (AvgIpc) is 2.25. The summed E-state index contributed by atoms with van der Waals surface area (Å²) >= 11 is 0.881. The molecule has 2 N–H and O–H groups in total. The predicted octanol–water partition coefficient (Wildman–Crippen LogP) is 0.895. The molecule has 0 fully saturated rings. The molecule has 16 heavy (non-hydrogen) atoms. The predicted molar refractivity (Wildman–Crippen MR) is 58.3 cm³/mol. The van der Waals surface area contributed by atoms with Gasteiger partial charge >= 0.3 is 0 Å². The number of nitrogens with zero attached hydrogens (tertiary/aromatic N) is 1. The van der Waals surface area contributed by atoms with Gasteiger partial charge in [0.15, 0.2) is 5.12 Å². The minimum Gasteiger partial charge on any atom is -0.389 e. The molecule has 0 radical (unpaired) electrons. The first-order chi connectivity index (χ1) is 7.52. The number of carbonyl (C=O) groups is 1. The van der Waals surface area contributed by atoms with E-state index in [1.54, 1.807) is 0 Å². The van der Waals surface area contributed by atoms with Crippen molar-refractivity contribution in [3.8, 4) is 0 Å². The Morgan fingerprint density at radius 1 is 1.62 bits per heavy atom. The molecule has 6 heteroatoms. The van der Waals surface area contributed by atoms with Gasteiger partial charge in [0.05, 0.1) is 12.3 Å². The smallest absolute Gasteiger partial charge is 0.185 e. The van der Waals surface area contributed by atoms with Crippen molar-refractivity contribution in [3.05, 3.63) is 29.8 Å². The second kappa shape index (κ2) is 5.93. The quantitative estimate of drug-likeness (QED) is 0.824. The maximum Gasteiger partial charge on any atom is 0.185 e. The molecule has 4 nitrogen and oxygen atoms in total. The van der Waals surface area contributed by atoms with E-state index in [4.69, 9.17) is 0 Å². The summed E-state index contributed by atoms with van der Waals surface area (Å²) in [6, 6.07) is 1.29. The maximum atomic E-state index is 13.2. The van der Waals surface area contributed by atoms with Gasteiger partial charge in [-0.1, -0.05) is 11.8 Å². The number of aliphatic hydroxyl groups is 2. The molecule has 0 spiro atoms. The minimum absolute atomic E-state index is 0.0216. The van der Waals surface area contributed by atoms with Gasteiger partial charge < -0.3 is 10.2 Å². The lowest BCUT2D eigenvalue weighted by atomic mass is 10.1. The Bertz CT molecular complexity index is 375. The van der Waals surface area contributed by atoms with Gasteiger partial charge in [-0.25, -0.2) is 4.39 Å². The Morgan fingerprint density at radius 3 is 2.88 bits per heavy atom. The van der Waals surface area contributed by atoms with E-state index >= 15 is 0 Å². The zero-order chi connectivity index (χ0) is 12.1. The lowest BCUT2D eigenvalue weighted by Gasteiger charge is -2.17. The Kier molecular flexibility index (Phi) is 4.85. The van der Waals surface area contributed by atoms with Gasteiger partial charge in [-0.05, 0) is 6.07 Å². The second-order valence-corrected chi connectivity index (χ2v) is 4.41. The number of aliphatic hydroxyl groups excluding tert-OH is 2. The summed E-state index contributed by atoms with van der Waals surface area (Å²) in [7, 11) is 0. The highest BCUT2D eigenvalue weighted by Crippen LogP contribution is 2.21. The molecule has 2 unspecified atom stereocenters. The Hall–Kier alpha value is -0.980. The zero-order valence-electron chi connectivity index (χ0n) is 8.63. The molecule has 2 atom stereocenters. The molecule has 0 aliphatic rings. The molecule has 0 saturated heterocycles. The first kappa shape index (κ1) is 13.1. The van der Waals surface area contributed by atoms with Crippen LogP contribution in [0.2, 0.25) is 0 Å². The van der Waals surface area contributed by atoms with Gasteiger partial charge in [0.25, 0.3) is 0 Å². The molecular formula is C10H12FNO3S. The average molecular weight is 245 g/mol. The molecule has 1 heterocycles. The van der Waals surface area contributed by atoms with Crippen LogP contribution in [-0.4, -0.2) is 32.2 Å². The highest BCUT2D eigenvalue weighted by molar-refractivity contribution is 8.13. The lowest BCUT2D eigenvalue weighted by Crippen LogP contribution is -2.22. The van der Waals surface area contributed by atoms with Crippen LogP contribution in [0.15, 0.2) is 18.5 Å². The molecular weight excluding hydrogens is 233 g/mol.